The highest BCUT2D eigenvalue weighted by Gasteiger charge is 2.18. The molecule has 3 nitrogen and oxygen atoms in total. The molecule has 0 aliphatic carbocycles. The lowest BCUT2D eigenvalue weighted by Gasteiger charge is -2.23. The molecule has 0 saturated carbocycles. The fourth-order valence-corrected chi connectivity index (χ4v) is 2.16. The van der Waals surface area contributed by atoms with Crippen LogP contribution >= 0.6 is 11.6 Å². The number of nitrogen functional groups attached to an aromatic ring is 1. The molecule has 0 atom stereocenters. The lowest BCUT2D eigenvalue weighted by molar-refractivity contribution is 0.0987. The van der Waals surface area contributed by atoms with Gasteiger partial charge in [0.2, 0.25) is 0 Å². The Morgan fingerprint density at radius 2 is 1.80 bits per heavy atom. The molecule has 0 radical (unpaired) electrons. The minimum Gasteiger partial charge on any atom is -0.397 e. The van der Waals surface area contributed by atoms with Crippen molar-refractivity contribution in [3.63, 3.8) is 0 Å². The van der Waals surface area contributed by atoms with E-state index in [-0.39, 0.29) is 5.91 Å². The summed E-state index contributed by atoms with van der Waals surface area (Å²) in [5.74, 6) is -0.0681. The second-order valence-electron chi connectivity index (χ2n) is 4.52. The van der Waals surface area contributed by atoms with Crippen molar-refractivity contribution in [3.8, 4) is 0 Å². The summed E-state index contributed by atoms with van der Waals surface area (Å²) in [5, 5.41) is 0.614. The molecule has 0 saturated heterocycles. The van der Waals surface area contributed by atoms with Gasteiger partial charge in [-0.2, -0.15) is 0 Å². The van der Waals surface area contributed by atoms with Crippen LogP contribution in [-0.2, 0) is 0 Å². The zero-order chi connectivity index (χ0) is 14.5. The lowest BCUT2D eigenvalue weighted by Crippen LogP contribution is -2.32. The highest BCUT2D eigenvalue weighted by atomic mass is 35.5. The van der Waals surface area contributed by atoms with Crippen LogP contribution in [0, 0.1) is 0 Å². The van der Waals surface area contributed by atoms with Crippen molar-refractivity contribution < 1.29 is 4.79 Å². The number of para-hydroxylation sites is 2. The van der Waals surface area contributed by atoms with E-state index in [9.17, 15) is 4.79 Å². The third-order valence-electron chi connectivity index (χ3n) is 3.01. The van der Waals surface area contributed by atoms with Crippen LogP contribution in [0.15, 0.2) is 48.5 Å². The van der Waals surface area contributed by atoms with Crippen LogP contribution < -0.4 is 10.6 Å². The van der Waals surface area contributed by atoms with Crippen molar-refractivity contribution in [1.29, 1.82) is 0 Å². The number of carbonyl (C=O) groups excluding carboxylic acids is 1. The summed E-state index contributed by atoms with van der Waals surface area (Å²) in [6.07, 6.45) is 0.855. The monoisotopic (exact) mass is 288 g/mol. The van der Waals surface area contributed by atoms with Crippen LogP contribution in [-0.4, -0.2) is 12.5 Å². The standard InChI is InChI=1S/C16H17ClN2O/c1-2-11-19(15-6-4-3-5-14(15)18)16(20)12-7-9-13(17)10-8-12/h3-10H,2,11,18H2,1H3. The molecule has 104 valence electrons. The molecule has 0 fully saturated rings. The molecule has 0 aliphatic heterocycles. The van der Waals surface area contributed by atoms with Crippen molar-refractivity contribution in [2.24, 2.45) is 0 Å². The number of rotatable bonds is 4. The van der Waals surface area contributed by atoms with Crippen molar-refractivity contribution in [3.05, 3.63) is 59.1 Å². The van der Waals surface area contributed by atoms with Gasteiger partial charge in [0.1, 0.15) is 0 Å². The summed E-state index contributed by atoms with van der Waals surface area (Å²) in [7, 11) is 0. The quantitative estimate of drug-likeness (QED) is 0.865. The highest BCUT2D eigenvalue weighted by molar-refractivity contribution is 6.30. The minimum absolute atomic E-state index is 0.0681. The first-order valence-electron chi connectivity index (χ1n) is 6.55. The van der Waals surface area contributed by atoms with Gasteiger partial charge in [-0.25, -0.2) is 0 Å². The van der Waals surface area contributed by atoms with Crippen molar-refractivity contribution in [2.45, 2.75) is 13.3 Å². The SMILES string of the molecule is CCCN(C(=O)c1ccc(Cl)cc1)c1ccccc1N. The molecule has 0 aromatic heterocycles. The van der Waals surface area contributed by atoms with Crippen LogP contribution in [0.25, 0.3) is 0 Å². The summed E-state index contributed by atoms with van der Waals surface area (Å²) in [6.45, 7) is 2.65. The van der Waals surface area contributed by atoms with Crippen LogP contribution in [0.1, 0.15) is 23.7 Å². The lowest BCUT2D eigenvalue weighted by atomic mass is 10.1. The topological polar surface area (TPSA) is 46.3 Å². The van der Waals surface area contributed by atoms with Gasteiger partial charge in [-0.1, -0.05) is 30.7 Å². The normalized spacial score (nSPS) is 10.3. The zero-order valence-corrected chi connectivity index (χ0v) is 12.1. The van der Waals surface area contributed by atoms with Gasteiger partial charge in [0.15, 0.2) is 0 Å². The maximum absolute atomic E-state index is 12.6. The third-order valence-corrected chi connectivity index (χ3v) is 3.26. The predicted octanol–water partition coefficient (Wildman–Crippen LogP) is 3.98. The molecular formula is C16H17ClN2O. The first-order valence-corrected chi connectivity index (χ1v) is 6.93. The second kappa shape index (κ2) is 6.44. The summed E-state index contributed by atoms with van der Waals surface area (Å²) in [6, 6.07) is 14.3. The molecule has 4 heteroatoms. The number of hydrogen-bond donors (Lipinski definition) is 1. The van der Waals surface area contributed by atoms with Gasteiger partial charge < -0.3 is 10.6 Å². The molecule has 2 N–H and O–H groups in total. The van der Waals surface area contributed by atoms with Crippen molar-refractivity contribution in [2.75, 3.05) is 17.2 Å². The molecule has 0 aliphatic rings. The Kier molecular flexibility index (Phi) is 4.64. The average molecular weight is 289 g/mol. The molecule has 0 spiro atoms. The van der Waals surface area contributed by atoms with Gasteiger partial charge >= 0.3 is 0 Å². The maximum Gasteiger partial charge on any atom is 0.258 e. The van der Waals surface area contributed by atoms with E-state index in [1.165, 1.54) is 0 Å². The fraction of sp³-hybridized carbons (Fsp3) is 0.188. The second-order valence-corrected chi connectivity index (χ2v) is 4.96. The van der Waals surface area contributed by atoms with Crippen molar-refractivity contribution in [1.82, 2.24) is 0 Å². The van der Waals surface area contributed by atoms with E-state index < -0.39 is 0 Å². The Bertz CT molecular complexity index is 596. The van der Waals surface area contributed by atoms with E-state index in [0.717, 1.165) is 12.1 Å². The largest absolute Gasteiger partial charge is 0.397 e. The molecule has 2 aromatic carbocycles. The maximum atomic E-state index is 12.6. The summed E-state index contributed by atoms with van der Waals surface area (Å²) in [5.41, 5.74) is 7.92. The molecule has 20 heavy (non-hydrogen) atoms. The van der Waals surface area contributed by atoms with E-state index in [1.807, 2.05) is 25.1 Å². The van der Waals surface area contributed by atoms with Gasteiger partial charge in [-0.3, -0.25) is 4.79 Å². The smallest absolute Gasteiger partial charge is 0.258 e. The van der Waals surface area contributed by atoms with Gasteiger partial charge in [0.25, 0.3) is 5.91 Å². The Hall–Kier alpha value is -2.00. The number of amides is 1. The summed E-state index contributed by atoms with van der Waals surface area (Å²) in [4.78, 5) is 14.3. The summed E-state index contributed by atoms with van der Waals surface area (Å²) < 4.78 is 0. The number of halogens is 1. The molecule has 0 unspecified atom stereocenters. The number of nitrogens with zero attached hydrogens (tertiary/aromatic N) is 1. The highest BCUT2D eigenvalue weighted by Crippen LogP contribution is 2.25. The Morgan fingerprint density at radius 3 is 2.40 bits per heavy atom. The van der Waals surface area contributed by atoms with Crippen LogP contribution in [0.4, 0.5) is 11.4 Å². The van der Waals surface area contributed by atoms with Crippen molar-refractivity contribution >= 4 is 28.9 Å². The van der Waals surface area contributed by atoms with Gasteiger partial charge in [0.05, 0.1) is 11.4 Å². The minimum atomic E-state index is -0.0681. The van der Waals surface area contributed by atoms with E-state index >= 15 is 0 Å². The molecule has 2 rings (SSSR count). The molecule has 0 bridgehead atoms. The van der Waals surface area contributed by atoms with Crippen LogP contribution in [0.3, 0.4) is 0 Å². The van der Waals surface area contributed by atoms with Gasteiger partial charge in [-0.15, -0.1) is 0 Å². The Morgan fingerprint density at radius 1 is 1.15 bits per heavy atom. The number of carbonyl (C=O) groups is 1. The predicted molar refractivity (Wildman–Crippen MR) is 84.3 cm³/mol. The Balaban J connectivity index is 2.36. The van der Waals surface area contributed by atoms with Gasteiger partial charge in [0, 0.05) is 17.1 Å². The molecule has 1 amide bonds. The Labute approximate surface area is 124 Å². The third kappa shape index (κ3) is 3.11. The van der Waals surface area contributed by atoms with Crippen LogP contribution in [0.5, 0.6) is 0 Å². The number of anilines is 2. The number of benzene rings is 2. The fourth-order valence-electron chi connectivity index (χ4n) is 2.04. The molecular weight excluding hydrogens is 272 g/mol. The molecule has 2 aromatic rings. The summed E-state index contributed by atoms with van der Waals surface area (Å²) >= 11 is 5.85. The van der Waals surface area contributed by atoms with Gasteiger partial charge in [-0.05, 0) is 42.8 Å². The molecule has 0 heterocycles. The van der Waals surface area contributed by atoms with E-state index in [4.69, 9.17) is 17.3 Å². The first kappa shape index (κ1) is 14.4. The zero-order valence-electron chi connectivity index (χ0n) is 11.3. The average Bonchev–Trinajstić information content (AvgIpc) is 2.46. The van der Waals surface area contributed by atoms with E-state index in [0.29, 0.717) is 22.8 Å². The first-order chi connectivity index (χ1) is 9.63. The number of hydrogen-bond acceptors (Lipinski definition) is 2. The van der Waals surface area contributed by atoms with Crippen LogP contribution in [0.2, 0.25) is 5.02 Å². The van der Waals surface area contributed by atoms with E-state index in [1.54, 1.807) is 35.2 Å². The van der Waals surface area contributed by atoms with E-state index in [2.05, 4.69) is 0 Å². The number of nitrogens with two attached hydrogens (primary N) is 1.